The number of pyridine rings is 1. The molecule has 2 aromatic heterocycles. The van der Waals surface area contributed by atoms with Crippen molar-refractivity contribution < 1.29 is 13.2 Å². The molecule has 3 aliphatic rings. The summed E-state index contributed by atoms with van der Waals surface area (Å²) >= 11 is 4.52. The van der Waals surface area contributed by atoms with Crippen LogP contribution < -0.4 is 5.56 Å². The number of hydrogen-bond donors (Lipinski definition) is 0. The van der Waals surface area contributed by atoms with Gasteiger partial charge in [0.05, 0.1) is 9.70 Å². The quantitative estimate of drug-likeness (QED) is 0.616. The van der Waals surface area contributed by atoms with E-state index in [0.29, 0.717) is 43.2 Å². The SMILES string of the molecule is O=C(C1CCCN(S(=O)(=O)c2ccc(Br)s2)C1)N1CC2CC(C1)c1cccc(=O)n1C2. The molecule has 0 saturated carbocycles. The zero-order valence-electron chi connectivity index (χ0n) is 16.9. The highest BCUT2D eigenvalue weighted by Gasteiger charge is 2.40. The van der Waals surface area contributed by atoms with Gasteiger partial charge in [0.25, 0.3) is 15.6 Å². The number of rotatable bonds is 3. The van der Waals surface area contributed by atoms with E-state index >= 15 is 0 Å². The number of halogens is 1. The average molecular weight is 526 g/mol. The lowest BCUT2D eigenvalue weighted by atomic mass is 9.82. The molecule has 7 nitrogen and oxygen atoms in total. The first-order valence-electron chi connectivity index (χ1n) is 10.6. The molecule has 3 unspecified atom stereocenters. The van der Waals surface area contributed by atoms with Crippen LogP contribution in [0, 0.1) is 11.8 Å². The Morgan fingerprint density at radius 1 is 1.10 bits per heavy atom. The number of piperidine rings is 2. The molecule has 0 aliphatic carbocycles. The largest absolute Gasteiger partial charge is 0.341 e. The highest BCUT2D eigenvalue weighted by atomic mass is 79.9. The lowest BCUT2D eigenvalue weighted by Gasteiger charge is -2.44. The first kappa shape index (κ1) is 21.4. The van der Waals surface area contributed by atoms with Crippen molar-refractivity contribution in [3.63, 3.8) is 0 Å². The van der Waals surface area contributed by atoms with Gasteiger partial charge < -0.3 is 9.47 Å². The lowest BCUT2D eigenvalue weighted by Crippen LogP contribution is -2.53. The second-order valence-electron chi connectivity index (χ2n) is 8.70. The minimum absolute atomic E-state index is 0.0281. The Balaban J connectivity index is 1.32. The van der Waals surface area contributed by atoms with E-state index in [1.54, 1.807) is 24.3 Å². The van der Waals surface area contributed by atoms with Crippen LogP contribution in [0.1, 0.15) is 30.9 Å². The van der Waals surface area contributed by atoms with Crippen molar-refractivity contribution in [1.82, 2.24) is 13.8 Å². The third-order valence-corrected chi connectivity index (χ3v) is 10.6. The van der Waals surface area contributed by atoms with Crippen molar-refractivity contribution in [3.8, 4) is 0 Å². The third-order valence-electron chi connectivity index (χ3n) is 6.67. The minimum Gasteiger partial charge on any atom is -0.341 e. The van der Waals surface area contributed by atoms with Gasteiger partial charge in [0.15, 0.2) is 0 Å². The summed E-state index contributed by atoms with van der Waals surface area (Å²) < 4.78 is 30.5. The van der Waals surface area contributed by atoms with E-state index < -0.39 is 10.0 Å². The van der Waals surface area contributed by atoms with Gasteiger partial charge in [0, 0.05) is 50.4 Å². The van der Waals surface area contributed by atoms with Gasteiger partial charge >= 0.3 is 0 Å². The van der Waals surface area contributed by atoms with Crippen molar-refractivity contribution in [2.75, 3.05) is 26.2 Å². The van der Waals surface area contributed by atoms with Crippen LogP contribution in [-0.4, -0.2) is 54.3 Å². The lowest BCUT2D eigenvalue weighted by molar-refractivity contribution is -0.139. The molecular weight excluding hydrogens is 502 g/mol. The molecule has 0 radical (unpaired) electrons. The van der Waals surface area contributed by atoms with Gasteiger partial charge in [-0.2, -0.15) is 4.31 Å². The predicted octanol–water partition coefficient (Wildman–Crippen LogP) is 2.72. The molecule has 10 heteroatoms. The summed E-state index contributed by atoms with van der Waals surface area (Å²) in [6.45, 7) is 2.56. The third kappa shape index (κ3) is 3.92. The number of carbonyl (C=O) groups is 1. The summed E-state index contributed by atoms with van der Waals surface area (Å²) in [5.41, 5.74) is 1.04. The number of amides is 1. The van der Waals surface area contributed by atoms with E-state index in [1.807, 2.05) is 15.5 Å². The van der Waals surface area contributed by atoms with E-state index in [1.165, 1.54) is 15.6 Å². The van der Waals surface area contributed by atoms with Crippen LogP contribution in [0.15, 0.2) is 43.1 Å². The maximum atomic E-state index is 13.4. The van der Waals surface area contributed by atoms with Gasteiger partial charge in [-0.15, -0.1) is 11.3 Å². The molecule has 2 fully saturated rings. The topological polar surface area (TPSA) is 79.7 Å². The Bertz CT molecular complexity index is 1180. The van der Waals surface area contributed by atoms with E-state index in [2.05, 4.69) is 15.9 Å². The second kappa shape index (κ2) is 8.13. The van der Waals surface area contributed by atoms with E-state index in [0.717, 1.165) is 15.9 Å². The highest BCUT2D eigenvalue weighted by molar-refractivity contribution is 9.11. The summed E-state index contributed by atoms with van der Waals surface area (Å²) in [6.07, 6.45) is 2.38. The molecule has 2 aromatic rings. The fourth-order valence-corrected chi connectivity index (χ4v) is 8.95. The first-order chi connectivity index (χ1) is 14.8. The number of likely N-dealkylation sites (tertiary alicyclic amines) is 1. The van der Waals surface area contributed by atoms with Crippen LogP contribution in [-0.2, 0) is 21.4 Å². The number of nitrogens with zero attached hydrogens (tertiary/aromatic N) is 3. The predicted molar refractivity (Wildman–Crippen MR) is 122 cm³/mol. The standard InChI is InChI=1S/C21H24BrN3O4S2/c22-18-6-7-20(30-18)31(28,29)24-8-2-3-15(13-24)21(27)23-10-14-9-16(12-23)17-4-1-5-19(26)25(17)11-14/h1,4-7,14-16H,2-3,8-13H2. The van der Waals surface area contributed by atoms with E-state index in [-0.39, 0.29) is 35.8 Å². The second-order valence-corrected chi connectivity index (χ2v) is 13.3. The molecule has 2 bridgehead atoms. The zero-order valence-corrected chi connectivity index (χ0v) is 20.2. The summed E-state index contributed by atoms with van der Waals surface area (Å²) in [6, 6.07) is 8.73. The van der Waals surface area contributed by atoms with Gasteiger partial charge in [-0.1, -0.05) is 6.07 Å². The molecule has 5 heterocycles. The van der Waals surface area contributed by atoms with Crippen molar-refractivity contribution in [2.24, 2.45) is 11.8 Å². The van der Waals surface area contributed by atoms with Crippen molar-refractivity contribution >= 4 is 43.2 Å². The normalized spacial score (nSPS) is 26.5. The zero-order chi connectivity index (χ0) is 21.8. The van der Waals surface area contributed by atoms with Crippen molar-refractivity contribution in [3.05, 3.63) is 50.2 Å². The molecule has 1 amide bonds. The van der Waals surface area contributed by atoms with Crippen LogP contribution in [0.3, 0.4) is 0 Å². The van der Waals surface area contributed by atoms with Gasteiger partial charge in [-0.3, -0.25) is 9.59 Å². The Morgan fingerprint density at radius 2 is 1.94 bits per heavy atom. The number of sulfonamides is 1. The van der Waals surface area contributed by atoms with E-state index in [9.17, 15) is 18.0 Å². The van der Waals surface area contributed by atoms with Gasteiger partial charge in [-0.05, 0) is 59.3 Å². The van der Waals surface area contributed by atoms with Crippen LogP contribution in [0.25, 0.3) is 0 Å². The summed E-state index contributed by atoms with van der Waals surface area (Å²) in [5.74, 6) is 0.164. The molecular formula is C21H24BrN3O4S2. The number of thiophene rings is 1. The smallest absolute Gasteiger partial charge is 0.252 e. The summed E-state index contributed by atoms with van der Waals surface area (Å²) in [7, 11) is -3.59. The Kier molecular flexibility index (Phi) is 5.60. The Morgan fingerprint density at radius 3 is 2.71 bits per heavy atom. The maximum Gasteiger partial charge on any atom is 0.252 e. The fourth-order valence-electron chi connectivity index (χ4n) is 5.26. The maximum absolute atomic E-state index is 13.4. The number of carbonyl (C=O) groups excluding carboxylic acids is 1. The monoisotopic (exact) mass is 525 g/mol. The minimum atomic E-state index is -3.59. The molecule has 166 valence electrons. The molecule has 0 aromatic carbocycles. The van der Waals surface area contributed by atoms with Gasteiger partial charge in [0.2, 0.25) is 5.91 Å². The molecule has 0 spiro atoms. The van der Waals surface area contributed by atoms with Crippen LogP contribution in [0.4, 0.5) is 0 Å². The highest BCUT2D eigenvalue weighted by Crippen LogP contribution is 2.36. The Hall–Kier alpha value is -1.49. The van der Waals surface area contributed by atoms with Crippen molar-refractivity contribution in [2.45, 2.75) is 35.9 Å². The van der Waals surface area contributed by atoms with Crippen LogP contribution in [0.2, 0.25) is 0 Å². The molecule has 31 heavy (non-hydrogen) atoms. The van der Waals surface area contributed by atoms with Crippen LogP contribution >= 0.6 is 27.3 Å². The number of hydrogen-bond acceptors (Lipinski definition) is 5. The number of aromatic nitrogens is 1. The molecule has 5 rings (SSSR count). The van der Waals surface area contributed by atoms with E-state index in [4.69, 9.17) is 0 Å². The molecule has 2 saturated heterocycles. The number of fused-ring (bicyclic) bond motifs is 4. The van der Waals surface area contributed by atoms with Crippen LogP contribution in [0.5, 0.6) is 0 Å². The van der Waals surface area contributed by atoms with Gasteiger partial charge in [-0.25, -0.2) is 8.42 Å². The van der Waals surface area contributed by atoms with Crippen molar-refractivity contribution in [1.29, 1.82) is 0 Å². The molecule has 3 aliphatic heterocycles. The Labute approximate surface area is 193 Å². The summed E-state index contributed by atoms with van der Waals surface area (Å²) in [4.78, 5) is 27.6. The summed E-state index contributed by atoms with van der Waals surface area (Å²) in [5, 5.41) is 0. The fraction of sp³-hybridized carbons (Fsp3) is 0.524. The average Bonchev–Trinajstić information content (AvgIpc) is 3.21. The molecule has 3 atom stereocenters. The molecule has 0 N–H and O–H groups in total. The first-order valence-corrected chi connectivity index (χ1v) is 13.6. The van der Waals surface area contributed by atoms with Gasteiger partial charge in [0.1, 0.15) is 4.21 Å².